The average Bonchev–Trinajstić information content (AvgIpc) is 2.40. The van der Waals surface area contributed by atoms with Crippen molar-refractivity contribution in [3.05, 3.63) is 63.1 Å². The lowest BCUT2D eigenvalue weighted by atomic mass is 9.87. The van der Waals surface area contributed by atoms with E-state index in [2.05, 4.69) is 66.3 Å². The van der Waals surface area contributed by atoms with E-state index in [9.17, 15) is 0 Å². The van der Waals surface area contributed by atoms with E-state index in [4.69, 9.17) is 11.6 Å². The second-order valence-corrected chi connectivity index (χ2v) is 7.10. The first-order valence-electron chi connectivity index (χ1n) is 6.65. The third-order valence-electron chi connectivity index (χ3n) is 3.25. The molecule has 1 nitrogen and oxygen atoms in total. The Morgan fingerprint density at radius 1 is 1.05 bits per heavy atom. The monoisotopic (exact) mass is 351 g/mol. The van der Waals surface area contributed by atoms with Gasteiger partial charge in [0.25, 0.3) is 0 Å². The van der Waals surface area contributed by atoms with Gasteiger partial charge in [0.05, 0.1) is 15.2 Å². The molecule has 2 rings (SSSR count). The Morgan fingerprint density at radius 2 is 1.70 bits per heavy atom. The van der Waals surface area contributed by atoms with Gasteiger partial charge in [-0.25, -0.2) is 0 Å². The topological polar surface area (TPSA) is 12.0 Å². The van der Waals surface area contributed by atoms with Crippen LogP contribution in [0, 0.1) is 0 Å². The van der Waals surface area contributed by atoms with E-state index in [-0.39, 0.29) is 5.41 Å². The quantitative estimate of drug-likeness (QED) is 0.713. The van der Waals surface area contributed by atoms with Crippen molar-refractivity contribution in [3.8, 4) is 0 Å². The van der Waals surface area contributed by atoms with Crippen LogP contribution in [0.3, 0.4) is 0 Å². The summed E-state index contributed by atoms with van der Waals surface area (Å²) in [6, 6.07) is 14.6. The molecule has 2 aromatic carbocycles. The summed E-state index contributed by atoms with van der Waals surface area (Å²) < 4.78 is 0.910. The van der Waals surface area contributed by atoms with Crippen molar-refractivity contribution in [1.29, 1.82) is 0 Å². The van der Waals surface area contributed by atoms with Gasteiger partial charge in [0.15, 0.2) is 0 Å². The molecule has 0 aliphatic rings. The number of anilines is 1. The highest BCUT2D eigenvalue weighted by Gasteiger charge is 2.12. The lowest BCUT2D eigenvalue weighted by Gasteiger charge is -2.19. The van der Waals surface area contributed by atoms with E-state index in [1.807, 2.05) is 18.2 Å². The van der Waals surface area contributed by atoms with E-state index in [1.165, 1.54) is 11.1 Å². The number of halogens is 2. The van der Waals surface area contributed by atoms with Gasteiger partial charge in [0.1, 0.15) is 0 Å². The van der Waals surface area contributed by atoms with Crippen molar-refractivity contribution in [2.24, 2.45) is 0 Å². The van der Waals surface area contributed by atoms with Crippen molar-refractivity contribution >= 4 is 33.2 Å². The fraction of sp³-hybridized carbons (Fsp3) is 0.294. The zero-order valence-corrected chi connectivity index (χ0v) is 14.3. The molecular weight excluding hydrogens is 334 g/mol. The summed E-state index contributed by atoms with van der Waals surface area (Å²) in [6.45, 7) is 7.46. The first-order chi connectivity index (χ1) is 9.38. The Kier molecular flexibility index (Phi) is 4.77. The minimum absolute atomic E-state index is 0.196. The Bertz CT molecular complexity index is 585. The van der Waals surface area contributed by atoms with Gasteiger partial charge < -0.3 is 5.32 Å². The third-order valence-corrected chi connectivity index (χ3v) is 4.65. The Labute approximate surface area is 134 Å². The van der Waals surface area contributed by atoms with Gasteiger partial charge in [-0.15, -0.1) is 0 Å². The van der Waals surface area contributed by atoms with Crippen LogP contribution in [0.5, 0.6) is 0 Å². The molecule has 0 saturated carbocycles. The van der Waals surface area contributed by atoms with Crippen LogP contribution in [0.1, 0.15) is 31.9 Å². The van der Waals surface area contributed by atoms with Crippen LogP contribution in [0.4, 0.5) is 5.69 Å². The smallest absolute Gasteiger partial charge is 0.0593 e. The van der Waals surface area contributed by atoms with Crippen LogP contribution in [0.25, 0.3) is 0 Å². The van der Waals surface area contributed by atoms with Crippen LogP contribution < -0.4 is 5.32 Å². The van der Waals surface area contributed by atoms with Crippen LogP contribution in [0.2, 0.25) is 5.02 Å². The molecular formula is C17H19BrClN. The highest BCUT2D eigenvalue weighted by Crippen LogP contribution is 2.30. The zero-order valence-electron chi connectivity index (χ0n) is 12.0. The number of benzene rings is 2. The normalized spacial score (nSPS) is 11.4. The first-order valence-corrected chi connectivity index (χ1v) is 7.82. The molecule has 0 fully saturated rings. The maximum absolute atomic E-state index is 6.08. The predicted molar refractivity (Wildman–Crippen MR) is 91.6 cm³/mol. The summed E-state index contributed by atoms with van der Waals surface area (Å²) >= 11 is 9.58. The van der Waals surface area contributed by atoms with Gasteiger partial charge in [0.2, 0.25) is 0 Å². The van der Waals surface area contributed by atoms with Gasteiger partial charge in [-0.3, -0.25) is 0 Å². The molecule has 1 N–H and O–H groups in total. The molecule has 0 saturated heterocycles. The maximum Gasteiger partial charge on any atom is 0.0593 e. The fourth-order valence-corrected chi connectivity index (χ4v) is 2.54. The van der Waals surface area contributed by atoms with Crippen molar-refractivity contribution in [1.82, 2.24) is 0 Å². The number of hydrogen-bond donors (Lipinski definition) is 1. The number of hydrogen-bond acceptors (Lipinski definition) is 1. The van der Waals surface area contributed by atoms with E-state index >= 15 is 0 Å². The van der Waals surface area contributed by atoms with Crippen LogP contribution in [-0.4, -0.2) is 0 Å². The lowest BCUT2D eigenvalue weighted by molar-refractivity contribution is 0.590. The molecule has 0 radical (unpaired) electrons. The van der Waals surface area contributed by atoms with Gasteiger partial charge >= 0.3 is 0 Å². The minimum atomic E-state index is 0.196. The molecule has 0 aromatic heterocycles. The van der Waals surface area contributed by atoms with Crippen LogP contribution in [-0.2, 0) is 12.0 Å². The number of rotatable bonds is 3. The number of nitrogens with one attached hydrogen (secondary N) is 1. The molecule has 0 unspecified atom stereocenters. The molecule has 0 amide bonds. The summed E-state index contributed by atoms with van der Waals surface area (Å²) in [5.41, 5.74) is 3.81. The predicted octanol–water partition coefficient (Wildman–Crippen LogP) is 6.01. The molecule has 0 spiro atoms. The molecule has 0 atom stereocenters. The summed E-state index contributed by atoms with van der Waals surface area (Å²) in [6.07, 6.45) is 0. The van der Waals surface area contributed by atoms with Crippen molar-refractivity contribution in [3.63, 3.8) is 0 Å². The van der Waals surface area contributed by atoms with Crippen molar-refractivity contribution in [2.45, 2.75) is 32.7 Å². The largest absolute Gasteiger partial charge is 0.380 e. The summed E-state index contributed by atoms with van der Waals surface area (Å²) in [5.74, 6) is 0. The van der Waals surface area contributed by atoms with Gasteiger partial charge in [0, 0.05) is 6.54 Å². The molecule has 2 aromatic rings. The second-order valence-electron chi connectivity index (χ2n) is 5.90. The zero-order chi connectivity index (χ0) is 14.8. The van der Waals surface area contributed by atoms with Crippen molar-refractivity contribution < 1.29 is 0 Å². The van der Waals surface area contributed by atoms with E-state index in [0.717, 1.165) is 21.7 Å². The maximum atomic E-state index is 6.08. The molecule has 0 aliphatic carbocycles. The first kappa shape index (κ1) is 15.4. The fourth-order valence-electron chi connectivity index (χ4n) is 1.96. The Hall–Kier alpha value is -0.990. The second kappa shape index (κ2) is 6.19. The SMILES string of the molecule is CC(C)(C)c1ccc(CNc2cccc(Cl)c2Br)cc1. The Balaban J connectivity index is 2.06. The average molecular weight is 353 g/mol. The van der Waals surface area contributed by atoms with E-state index < -0.39 is 0 Å². The van der Waals surface area contributed by atoms with E-state index in [0.29, 0.717) is 0 Å². The standard InChI is InChI=1S/C17H19BrClN/c1-17(2,3)13-9-7-12(8-10-13)11-20-15-6-4-5-14(19)16(15)18/h4-10,20H,11H2,1-3H3. The summed E-state index contributed by atoms with van der Waals surface area (Å²) in [7, 11) is 0. The molecule has 20 heavy (non-hydrogen) atoms. The molecule has 0 bridgehead atoms. The van der Waals surface area contributed by atoms with Crippen molar-refractivity contribution in [2.75, 3.05) is 5.32 Å². The highest BCUT2D eigenvalue weighted by molar-refractivity contribution is 9.10. The van der Waals surface area contributed by atoms with E-state index in [1.54, 1.807) is 0 Å². The van der Waals surface area contributed by atoms with Gasteiger partial charge in [-0.05, 0) is 44.6 Å². The highest BCUT2D eigenvalue weighted by atomic mass is 79.9. The third kappa shape index (κ3) is 3.77. The van der Waals surface area contributed by atoms with Gasteiger partial charge in [-0.1, -0.05) is 62.7 Å². The lowest BCUT2D eigenvalue weighted by Crippen LogP contribution is -2.11. The molecule has 3 heteroatoms. The molecule has 0 heterocycles. The van der Waals surface area contributed by atoms with Crippen LogP contribution in [0.15, 0.2) is 46.9 Å². The summed E-state index contributed by atoms with van der Waals surface area (Å²) in [4.78, 5) is 0. The molecule has 0 aliphatic heterocycles. The van der Waals surface area contributed by atoms with Crippen LogP contribution >= 0.6 is 27.5 Å². The van der Waals surface area contributed by atoms with Gasteiger partial charge in [-0.2, -0.15) is 0 Å². The Morgan fingerprint density at radius 3 is 2.30 bits per heavy atom. The molecule has 106 valence electrons. The summed E-state index contributed by atoms with van der Waals surface area (Å²) in [5, 5.41) is 4.12. The minimum Gasteiger partial charge on any atom is -0.380 e.